The van der Waals surface area contributed by atoms with E-state index in [1.807, 2.05) is 32.0 Å². The molecule has 37 heteroatoms. The SMILES string of the molecule is CC[C@H](C)[C@@H]([C@@H](CC(=O)N1CCC[C@H]1[C@H](OC)[C@@H](C)C(=O)N[C@H](C)[C@@H](O)c1ccccc1)OC)N(C)C(=O)[C@@H](NC(=O)[C@H](C(C)C)N(C)C(=O)OCc1ccc(NC(=O)[C@H](CCCNC(N)=O)NC(=O)[C@@H](NC(=O)CCOCCOCCOCCOCCOC(CN2C(=O)C=CC2=O)(CN2C(=O)C=CC2=O)CN2C(=O)C=CC2=O)C(C)C)cc1)C(C)C. The number of primary amides is 1. The number of imide groups is 3. The van der Waals surface area contributed by atoms with Gasteiger partial charge in [0.05, 0.1) is 128 Å². The molecule has 2 aromatic rings. The Morgan fingerprint density at radius 1 is 0.590 bits per heavy atom. The van der Waals surface area contributed by atoms with Crippen molar-refractivity contribution < 1.29 is 115 Å². The molecule has 0 unspecified atom stereocenters. The number of aliphatic hydroxyl groups excluding tert-OH is 1. The Morgan fingerprint density at radius 3 is 1.59 bits per heavy atom. The summed E-state index contributed by atoms with van der Waals surface area (Å²) in [4.78, 5) is 207. The standard InChI is InChI=1S/C85H125N13O24/c1-15-55(8)75(63(115-13)47-71(106)95-37-20-24-62(95)77(116-14)56(9)78(108)88-57(10)76(107)59-21-17-16-18-22-59)93(11)82(112)73(53(4)5)92-81(111)74(54(6)7)94(12)84(114)121-48-58-25-27-60(28-26-58)89-79(109)61(23-19-36-87-83(86)113)90-80(110)72(52(2)3)91-64(99)35-38-117-39-40-118-41-42-119-43-44-120-45-46-122-85(49-96-65(100)29-30-66(96)101,50-97-67(102)31-32-68(97)103)51-98-69(104)33-34-70(98)105/h16-18,21-22,25-34,52-57,61-63,72-77,107H,15,19-20,23-24,35-51H2,1-14H3,(H,88,108)(H,89,109)(H,90,110)(H,91,99)(H,92,111)(H3,86,87,113)/t55-,56+,57+,61-,62-,63+,72-,73-,74-,75-,76+,77+/m0/s1. The highest BCUT2D eigenvalue weighted by Crippen LogP contribution is 2.32. The molecule has 1 saturated heterocycles. The molecule has 674 valence electrons. The Bertz CT molecular complexity index is 3830. The van der Waals surface area contributed by atoms with Gasteiger partial charge in [-0.05, 0) is 79.5 Å². The number of likely N-dealkylation sites (N-methyl/N-ethyl adjacent to an activating group) is 2. The lowest BCUT2D eigenvalue weighted by molar-refractivity contribution is -0.158. The summed E-state index contributed by atoms with van der Waals surface area (Å²) in [7, 11) is 6.04. The van der Waals surface area contributed by atoms with E-state index in [2.05, 4.69) is 31.9 Å². The zero-order valence-electron chi connectivity index (χ0n) is 72.5. The lowest BCUT2D eigenvalue weighted by Crippen LogP contribution is -2.61. The summed E-state index contributed by atoms with van der Waals surface area (Å²) in [6.07, 6.45) is 4.79. The van der Waals surface area contributed by atoms with Crippen molar-refractivity contribution in [2.75, 3.05) is 126 Å². The molecule has 4 aliphatic rings. The fourth-order valence-corrected chi connectivity index (χ4v) is 14.8. The first kappa shape index (κ1) is 100. The summed E-state index contributed by atoms with van der Waals surface area (Å²) in [6.45, 7) is 17.0. The average Bonchev–Trinajstić information content (AvgIpc) is 1.60. The van der Waals surface area contributed by atoms with E-state index in [1.165, 1.54) is 26.2 Å². The van der Waals surface area contributed by atoms with Gasteiger partial charge in [-0.25, -0.2) is 9.59 Å². The number of ether oxygens (including phenoxy) is 8. The van der Waals surface area contributed by atoms with Crippen LogP contribution in [0.25, 0.3) is 0 Å². The van der Waals surface area contributed by atoms with Crippen LogP contribution >= 0.6 is 0 Å². The highest BCUT2D eigenvalue weighted by Gasteiger charge is 2.48. The van der Waals surface area contributed by atoms with Crippen LogP contribution in [0.2, 0.25) is 0 Å². The first-order valence-corrected chi connectivity index (χ1v) is 41.4. The number of benzene rings is 2. The van der Waals surface area contributed by atoms with Gasteiger partial charge in [-0.15, -0.1) is 0 Å². The molecule has 4 aliphatic heterocycles. The minimum absolute atomic E-state index is 0.0264. The molecule has 0 aromatic heterocycles. The van der Waals surface area contributed by atoms with Crippen molar-refractivity contribution in [3.05, 3.63) is 102 Å². The number of anilines is 1. The van der Waals surface area contributed by atoms with Gasteiger partial charge >= 0.3 is 12.1 Å². The van der Waals surface area contributed by atoms with Crippen molar-refractivity contribution in [1.82, 2.24) is 56.0 Å². The van der Waals surface area contributed by atoms with Gasteiger partial charge in [-0.2, -0.15) is 0 Å². The van der Waals surface area contributed by atoms with E-state index in [4.69, 9.17) is 43.6 Å². The van der Waals surface area contributed by atoms with Crippen LogP contribution in [0, 0.1) is 29.6 Å². The molecule has 122 heavy (non-hydrogen) atoms. The molecule has 16 amide bonds. The van der Waals surface area contributed by atoms with E-state index in [-0.39, 0.29) is 116 Å². The molecular formula is C85H125N13O24. The summed E-state index contributed by atoms with van der Waals surface area (Å²) in [5, 5.41) is 27.6. The molecule has 1 fully saturated rings. The third-order valence-electron chi connectivity index (χ3n) is 21.8. The van der Waals surface area contributed by atoms with Crippen LogP contribution in [0.4, 0.5) is 15.3 Å². The van der Waals surface area contributed by atoms with Gasteiger partial charge in [0.25, 0.3) is 35.4 Å². The van der Waals surface area contributed by atoms with E-state index in [9.17, 15) is 77.0 Å². The van der Waals surface area contributed by atoms with E-state index >= 15 is 0 Å². The Hall–Kier alpha value is -10.4. The molecule has 4 heterocycles. The number of urea groups is 1. The highest BCUT2D eigenvalue weighted by molar-refractivity contribution is 6.15. The summed E-state index contributed by atoms with van der Waals surface area (Å²) in [5.74, 6) is -9.89. The first-order chi connectivity index (χ1) is 58.0. The predicted molar refractivity (Wildman–Crippen MR) is 443 cm³/mol. The second-order valence-corrected chi connectivity index (χ2v) is 31.8. The van der Waals surface area contributed by atoms with Crippen LogP contribution in [-0.2, 0) is 107 Å². The third kappa shape index (κ3) is 29.7. The van der Waals surface area contributed by atoms with Crippen LogP contribution in [0.5, 0.6) is 0 Å². The molecule has 0 bridgehead atoms. The van der Waals surface area contributed by atoms with Gasteiger partial charge in [0.1, 0.15) is 36.4 Å². The van der Waals surface area contributed by atoms with Gasteiger partial charge < -0.3 is 90.4 Å². The molecule has 0 radical (unpaired) electrons. The number of likely N-dealkylation sites (tertiary alicyclic amines) is 1. The Morgan fingerprint density at radius 2 is 1.11 bits per heavy atom. The maximum Gasteiger partial charge on any atom is 0.410 e. The minimum Gasteiger partial charge on any atom is -0.445 e. The van der Waals surface area contributed by atoms with Gasteiger partial charge in [-0.1, -0.05) is 111 Å². The van der Waals surface area contributed by atoms with Crippen LogP contribution in [0.3, 0.4) is 0 Å². The number of aliphatic hydroxyl groups is 1. The largest absolute Gasteiger partial charge is 0.445 e. The fraction of sp³-hybridized carbons (Fsp3) is 0.612. The topological polar surface area (TPSA) is 468 Å². The summed E-state index contributed by atoms with van der Waals surface area (Å²) in [5.41, 5.74) is 4.94. The summed E-state index contributed by atoms with van der Waals surface area (Å²) < 4.78 is 46.4. The van der Waals surface area contributed by atoms with Crippen LogP contribution in [0.15, 0.2) is 91.1 Å². The molecule has 37 nitrogen and oxygen atoms in total. The number of hydrogen-bond acceptors (Lipinski definition) is 24. The van der Waals surface area contributed by atoms with Crippen molar-refractivity contribution in [2.45, 2.75) is 187 Å². The smallest absolute Gasteiger partial charge is 0.410 e. The zero-order valence-corrected chi connectivity index (χ0v) is 72.5. The van der Waals surface area contributed by atoms with E-state index in [0.29, 0.717) is 42.6 Å². The highest BCUT2D eigenvalue weighted by atomic mass is 16.6. The number of nitrogens with zero attached hydrogens (tertiary/aromatic N) is 6. The average molecular weight is 1710 g/mol. The second-order valence-electron chi connectivity index (χ2n) is 31.8. The lowest BCUT2D eigenvalue weighted by Gasteiger charge is -2.41. The number of amides is 16. The predicted octanol–water partition coefficient (Wildman–Crippen LogP) is 2.58. The first-order valence-electron chi connectivity index (χ1n) is 41.4. The molecule has 2 aromatic carbocycles. The normalized spacial score (nSPS) is 17.4. The maximum atomic E-state index is 14.9. The van der Waals surface area contributed by atoms with E-state index in [0.717, 1.165) is 56.1 Å². The number of carbonyl (C=O) groups is 15. The minimum atomic E-state index is -1.80. The number of methoxy groups -OCH3 is 2. The molecular weight excluding hydrogens is 1590 g/mol. The number of rotatable bonds is 54. The van der Waals surface area contributed by atoms with Crippen LogP contribution < -0.4 is 37.6 Å². The van der Waals surface area contributed by atoms with Gasteiger partial charge in [0.2, 0.25) is 41.4 Å². The van der Waals surface area contributed by atoms with Gasteiger partial charge in [0.15, 0.2) is 0 Å². The van der Waals surface area contributed by atoms with E-state index < -0.39 is 187 Å². The molecule has 6 rings (SSSR count). The lowest BCUT2D eigenvalue weighted by atomic mass is 9.89. The van der Waals surface area contributed by atoms with Crippen molar-refractivity contribution in [1.29, 1.82) is 0 Å². The molecule has 0 spiro atoms. The van der Waals surface area contributed by atoms with Crippen molar-refractivity contribution >= 4 is 94.6 Å². The van der Waals surface area contributed by atoms with Gasteiger partial charge in [-0.3, -0.25) is 81.9 Å². The van der Waals surface area contributed by atoms with Crippen molar-refractivity contribution in [2.24, 2.45) is 35.3 Å². The number of nitrogens with two attached hydrogens (primary N) is 1. The number of hydrogen-bond donors (Lipinski definition) is 8. The molecule has 0 aliphatic carbocycles. The quantitative estimate of drug-likeness (QED) is 0.0348. The second kappa shape index (κ2) is 49.6. The zero-order chi connectivity index (χ0) is 90.1. The van der Waals surface area contributed by atoms with E-state index in [1.54, 1.807) is 104 Å². The number of nitrogens with one attached hydrogen (secondary N) is 6. The monoisotopic (exact) mass is 1710 g/mol. The summed E-state index contributed by atoms with van der Waals surface area (Å²) >= 11 is 0. The number of carbonyl (C=O) groups excluding carboxylic acids is 15. The van der Waals surface area contributed by atoms with Crippen LogP contribution in [-0.4, -0.2) is 304 Å². The third-order valence-corrected chi connectivity index (χ3v) is 21.8. The molecule has 12 atom stereocenters. The Kier molecular flexibility index (Phi) is 40.8. The molecule has 0 saturated carbocycles. The van der Waals surface area contributed by atoms with Crippen molar-refractivity contribution in [3.63, 3.8) is 0 Å². The maximum absolute atomic E-state index is 14.9. The van der Waals surface area contributed by atoms with Crippen LogP contribution in [0.1, 0.15) is 131 Å². The van der Waals surface area contributed by atoms with Crippen molar-refractivity contribution in [3.8, 4) is 0 Å². The Balaban J connectivity index is 0.931. The van der Waals surface area contributed by atoms with Gasteiger partial charge in [0, 0.05) is 90.0 Å². The fourth-order valence-electron chi connectivity index (χ4n) is 14.8. The molecule has 9 N–H and O–H groups in total. The Labute approximate surface area is 712 Å². The summed E-state index contributed by atoms with van der Waals surface area (Å²) in [6, 6.07) is 8.37.